The van der Waals surface area contributed by atoms with Crippen LogP contribution in [-0.2, 0) is 0 Å². The Morgan fingerprint density at radius 3 is 2.60 bits per heavy atom. The Bertz CT molecular complexity index is 389. The van der Waals surface area contributed by atoms with E-state index in [4.69, 9.17) is 16.3 Å². The predicted molar refractivity (Wildman–Crippen MR) is 82.4 cm³/mol. The number of hydrogen-bond donors (Lipinski definition) is 1. The second-order valence-corrected chi connectivity index (χ2v) is 5.20. The summed E-state index contributed by atoms with van der Waals surface area (Å²) in [5.74, 6) is 1.01. The topological polar surface area (TPSA) is 59.9 Å². The summed E-state index contributed by atoms with van der Waals surface area (Å²) in [6.45, 7) is 7.88. The van der Waals surface area contributed by atoms with E-state index in [1.165, 1.54) is 19.3 Å². The number of hydrogen-bond acceptors (Lipinski definition) is 5. The summed E-state index contributed by atoms with van der Waals surface area (Å²) < 4.78 is 5.67. The highest BCUT2D eigenvalue weighted by Gasteiger charge is 2.10. The highest BCUT2D eigenvalue weighted by Crippen LogP contribution is 2.16. The minimum Gasteiger partial charge on any atom is -0.463 e. The van der Waals surface area contributed by atoms with E-state index in [2.05, 4.69) is 41.0 Å². The van der Waals surface area contributed by atoms with Crippen molar-refractivity contribution in [1.82, 2.24) is 15.0 Å². The van der Waals surface area contributed by atoms with Crippen LogP contribution in [0.25, 0.3) is 0 Å². The molecule has 0 aliphatic carbocycles. The summed E-state index contributed by atoms with van der Waals surface area (Å²) in [5.41, 5.74) is 0. The van der Waals surface area contributed by atoms with Crippen molar-refractivity contribution in [3.63, 3.8) is 0 Å². The van der Waals surface area contributed by atoms with E-state index >= 15 is 0 Å². The number of ether oxygens (including phenoxy) is 1. The molecule has 0 spiro atoms. The first-order valence-electron chi connectivity index (χ1n) is 7.47. The Balaban J connectivity index is 2.55. The lowest BCUT2D eigenvalue weighted by Gasteiger charge is -2.14. The molecule has 6 heteroatoms. The molecule has 0 aromatic carbocycles. The van der Waals surface area contributed by atoms with Gasteiger partial charge in [0, 0.05) is 6.54 Å². The van der Waals surface area contributed by atoms with Crippen LogP contribution in [0.1, 0.15) is 52.9 Å². The molecule has 0 bridgehead atoms. The molecule has 1 N–H and O–H groups in total. The normalized spacial score (nSPS) is 12.2. The molecule has 1 atom stereocenters. The van der Waals surface area contributed by atoms with Gasteiger partial charge in [-0.25, -0.2) is 0 Å². The van der Waals surface area contributed by atoms with Crippen LogP contribution in [-0.4, -0.2) is 28.1 Å². The van der Waals surface area contributed by atoms with Crippen molar-refractivity contribution < 1.29 is 4.74 Å². The molecule has 1 heterocycles. The van der Waals surface area contributed by atoms with Crippen LogP contribution in [0.15, 0.2) is 0 Å². The summed E-state index contributed by atoms with van der Waals surface area (Å²) in [5, 5.41) is 3.25. The summed E-state index contributed by atoms with van der Waals surface area (Å²) in [7, 11) is 0. The molecule has 0 saturated carbocycles. The van der Waals surface area contributed by atoms with Gasteiger partial charge in [-0.15, -0.1) is 0 Å². The van der Waals surface area contributed by atoms with E-state index in [1.807, 2.05) is 0 Å². The number of rotatable bonds is 10. The molecule has 0 aliphatic heterocycles. The van der Waals surface area contributed by atoms with Crippen LogP contribution >= 0.6 is 11.6 Å². The van der Waals surface area contributed by atoms with Gasteiger partial charge in [0.2, 0.25) is 11.2 Å². The number of nitrogens with one attached hydrogen (secondary N) is 1. The van der Waals surface area contributed by atoms with Gasteiger partial charge < -0.3 is 10.1 Å². The van der Waals surface area contributed by atoms with Crippen LogP contribution in [0.5, 0.6) is 6.01 Å². The maximum absolute atomic E-state index is 5.88. The lowest BCUT2D eigenvalue weighted by atomic mass is 10.0. The number of aromatic nitrogens is 3. The molecule has 0 amide bonds. The van der Waals surface area contributed by atoms with Gasteiger partial charge in [-0.05, 0) is 30.4 Å². The maximum atomic E-state index is 5.88. The first-order chi connectivity index (χ1) is 9.69. The van der Waals surface area contributed by atoms with Crippen molar-refractivity contribution in [2.45, 2.75) is 52.9 Å². The molecule has 1 rings (SSSR count). The molecule has 1 aromatic heterocycles. The van der Waals surface area contributed by atoms with Gasteiger partial charge in [0.15, 0.2) is 0 Å². The molecule has 0 saturated heterocycles. The van der Waals surface area contributed by atoms with Gasteiger partial charge >= 0.3 is 6.01 Å². The standard InChI is InChI=1S/C14H25ClN4O/c1-4-7-8-11(6-3)10-20-14-18-12(15)17-13(19-14)16-9-5-2/h11H,4-10H2,1-3H3,(H,16,17,18,19). The first kappa shape index (κ1) is 17.0. The molecule has 0 radical (unpaired) electrons. The van der Waals surface area contributed by atoms with E-state index in [1.54, 1.807) is 0 Å². The third kappa shape index (κ3) is 6.37. The Hall–Kier alpha value is -1.10. The average molecular weight is 301 g/mol. The smallest absolute Gasteiger partial charge is 0.322 e. The summed E-state index contributed by atoms with van der Waals surface area (Å²) in [6.07, 6.45) is 5.70. The molecule has 1 aromatic rings. The van der Waals surface area contributed by atoms with Gasteiger partial charge in [-0.2, -0.15) is 15.0 Å². The number of unbranched alkanes of at least 4 members (excludes halogenated alkanes) is 1. The fourth-order valence-corrected chi connectivity index (χ4v) is 1.96. The lowest BCUT2D eigenvalue weighted by Crippen LogP contribution is -2.14. The fourth-order valence-electron chi connectivity index (χ4n) is 1.80. The zero-order chi connectivity index (χ0) is 14.8. The Morgan fingerprint density at radius 1 is 1.15 bits per heavy atom. The first-order valence-corrected chi connectivity index (χ1v) is 7.85. The number of anilines is 1. The Morgan fingerprint density at radius 2 is 1.95 bits per heavy atom. The third-order valence-electron chi connectivity index (χ3n) is 3.11. The molecule has 5 nitrogen and oxygen atoms in total. The minimum absolute atomic E-state index is 0.162. The summed E-state index contributed by atoms with van der Waals surface area (Å²) in [6, 6.07) is 0.304. The van der Waals surface area contributed by atoms with Crippen LogP contribution < -0.4 is 10.1 Å². The summed E-state index contributed by atoms with van der Waals surface area (Å²) >= 11 is 5.88. The van der Waals surface area contributed by atoms with Crippen LogP contribution in [0.4, 0.5) is 5.95 Å². The summed E-state index contributed by atoms with van der Waals surface area (Å²) in [4.78, 5) is 12.2. The van der Waals surface area contributed by atoms with Crippen molar-refractivity contribution in [2.24, 2.45) is 5.92 Å². The van der Waals surface area contributed by atoms with Crippen molar-refractivity contribution in [3.8, 4) is 6.01 Å². The van der Waals surface area contributed by atoms with Crippen LogP contribution in [0, 0.1) is 5.92 Å². The van der Waals surface area contributed by atoms with Crippen LogP contribution in [0.3, 0.4) is 0 Å². The SMILES string of the molecule is CCCCC(CC)COc1nc(Cl)nc(NCCC)n1. The molecule has 0 fully saturated rings. The maximum Gasteiger partial charge on any atom is 0.322 e. The molecule has 0 aliphatic rings. The number of halogens is 1. The fraction of sp³-hybridized carbons (Fsp3) is 0.786. The Kier molecular flexibility index (Phi) is 8.26. The average Bonchev–Trinajstić information content (AvgIpc) is 2.45. The van der Waals surface area contributed by atoms with E-state index < -0.39 is 0 Å². The van der Waals surface area contributed by atoms with Gasteiger partial charge in [0.25, 0.3) is 0 Å². The van der Waals surface area contributed by atoms with Crippen molar-refractivity contribution in [2.75, 3.05) is 18.5 Å². The highest BCUT2D eigenvalue weighted by molar-refractivity contribution is 6.28. The minimum atomic E-state index is 0.162. The van der Waals surface area contributed by atoms with E-state index in [9.17, 15) is 0 Å². The zero-order valence-corrected chi connectivity index (χ0v) is 13.4. The molecular formula is C14H25ClN4O. The second-order valence-electron chi connectivity index (χ2n) is 4.86. The number of nitrogens with zero attached hydrogens (tertiary/aromatic N) is 3. The third-order valence-corrected chi connectivity index (χ3v) is 3.28. The van der Waals surface area contributed by atoms with E-state index in [0.717, 1.165) is 19.4 Å². The molecule has 20 heavy (non-hydrogen) atoms. The van der Waals surface area contributed by atoms with E-state index in [-0.39, 0.29) is 5.28 Å². The molecule has 1 unspecified atom stereocenters. The van der Waals surface area contributed by atoms with Crippen molar-refractivity contribution in [1.29, 1.82) is 0 Å². The largest absolute Gasteiger partial charge is 0.463 e. The quantitative estimate of drug-likeness (QED) is 0.709. The second kappa shape index (κ2) is 9.75. The van der Waals surface area contributed by atoms with Gasteiger partial charge in [-0.3, -0.25) is 0 Å². The zero-order valence-electron chi connectivity index (χ0n) is 12.7. The predicted octanol–water partition coefficient (Wildman–Crippen LogP) is 3.94. The lowest BCUT2D eigenvalue weighted by molar-refractivity contribution is 0.217. The highest BCUT2D eigenvalue weighted by atomic mass is 35.5. The van der Waals surface area contributed by atoms with E-state index in [0.29, 0.717) is 24.5 Å². The van der Waals surface area contributed by atoms with Crippen LogP contribution in [0.2, 0.25) is 5.28 Å². The monoisotopic (exact) mass is 300 g/mol. The van der Waals surface area contributed by atoms with Crippen molar-refractivity contribution >= 4 is 17.5 Å². The van der Waals surface area contributed by atoms with Crippen molar-refractivity contribution in [3.05, 3.63) is 5.28 Å². The van der Waals surface area contributed by atoms with Gasteiger partial charge in [0.1, 0.15) is 0 Å². The Labute approximate surface area is 126 Å². The van der Waals surface area contributed by atoms with Gasteiger partial charge in [-0.1, -0.05) is 40.0 Å². The molecule has 114 valence electrons. The van der Waals surface area contributed by atoms with Gasteiger partial charge in [0.05, 0.1) is 6.61 Å². The molecular weight excluding hydrogens is 276 g/mol.